The Morgan fingerprint density at radius 2 is 1.56 bits per heavy atom. The van der Waals surface area contributed by atoms with E-state index in [1.54, 1.807) is 6.92 Å². The third-order valence-electron chi connectivity index (χ3n) is 2.99. The second-order valence-corrected chi connectivity index (χ2v) is 7.14. The molecule has 0 bridgehead atoms. The zero-order valence-corrected chi connectivity index (χ0v) is 12.3. The lowest BCUT2D eigenvalue weighted by molar-refractivity contribution is -0.114. The number of allylic oxidation sites excluding steroid dienone is 2. The molecule has 0 aliphatic rings. The summed E-state index contributed by atoms with van der Waals surface area (Å²) in [6.45, 7) is 17.0. The summed E-state index contributed by atoms with van der Waals surface area (Å²) >= 11 is 0. The van der Waals surface area contributed by atoms with Gasteiger partial charge in [-0.2, -0.15) is 0 Å². The van der Waals surface area contributed by atoms with Gasteiger partial charge in [0.15, 0.2) is 5.78 Å². The second kappa shape index (κ2) is 5.16. The third-order valence-corrected chi connectivity index (χ3v) is 2.99. The zero-order chi connectivity index (χ0) is 13.1. The summed E-state index contributed by atoms with van der Waals surface area (Å²) < 4.78 is 0. The van der Waals surface area contributed by atoms with Gasteiger partial charge in [-0.25, -0.2) is 0 Å². The van der Waals surface area contributed by atoms with Crippen molar-refractivity contribution < 1.29 is 4.79 Å². The first-order chi connectivity index (χ1) is 6.93. The highest BCUT2D eigenvalue weighted by atomic mass is 16.1. The largest absolute Gasteiger partial charge is 0.295 e. The zero-order valence-electron chi connectivity index (χ0n) is 12.3. The van der Waals surface area contributed by atoms with Gasteiger partial charge >= 0.3 is 0 Å². The fourth-order valence-electron chi connectivity index (χ4n) is 1.42. The maximum Gasteiger partial charge on any atom is 0.155 e. The molecule has 0 N–H and O–H groups in total. The second-order valence-electron chi connectivity index (χ2n) is 7.14. The molecule has 94 valence electrons. The van der Waals surface area contributed by atoms with Crippen molar-refractivity contribution in [1.82, 2.24) is 0 Å². The molecular weight excluding hydrogens is 196 g/mol. The summed E-state index contributed by atoms with van der Waals surface area (Å²) in [4.78, 5) is 11.6. The minimum atomic E-state index is 0.176. The normalized spacial score (nSPS) is 16.1. The number of carbonyl (C=O) groups excluding carboxylic acids is 1. The summed E-state index contributed by atoms with van der Waals surface area (Å²) in [5, 5.41) is 0. The standard InChI is InChI=1S/C15H28O/c1-11(15(6,7)8)9-13(12(2)16)10-14(3,4)5/h9,11H,10H2,1-8H3/b13-9+. The highest BCUT2D eigenvalue weighted by Gasteiger charge is 2.21. The molecule has 0 spiro atoms. The van der Waals surface area contributed by atoms with Crippen molar-refractivity contribution in [2.75, 3.05) is 0 Å². The van der Waals surface area contributed by atoms with E-state index in [-0.39, 0.29) is 16.6 Å². The highest BCUT2D eigenvalue weighted by Crippen LogP contribution is 2.31. The SMILES string of the molecule is CC(=O)/C(=C/C(C)C(C)(C)C)CC(C)(C)C. The van der Waals surface area contributed by atoms with Crippen LogP contribution >= 0.6 is 0 Å². The third kappa shape index (κ3) is 6.09. The van der Waals surface area contributed by atoms with Gasteiger partial charge in [0, 0.05) is 0 Å². The predicted molar refractivity (Wildman–Crippen MR) is 71.5 cm³/mol. The van der Waals surface area contributed by atoms with Gasteiger partial charge in [0.25, 0.3) is 0 Å². The Labute approximate surface area is 101 Å². The molecule has 1 atom stereocenters. The Morgan fingerprint density at radius 3 is 1.81 bits per heavy atom. The van der Waals surface area contributed by atoms with E-state index < -0.39 is 0 Å². The Morgan fingerprint density at radius 1 is 1.12 bits per heavy atom. The molecule has 1 unspecified atom stereocenters. The topological polar surface area (TPSA) is 17.1 Å². The van der Waals surface area contributed by atoms with E-state index in [1.807, 2.05) is 0 Å². The summed E-state index contributed by atoms with van der Waals surface area (Å²) in [7, 11) is 0. The molecule has 1 nitrogen and oxygen atoms in total. The molecule has 16 heavy (non-hydrogen) atoms. The van der Waals surface area contributed by atoms with Crippen LogP contribution in [0.25, 0.3) is 0 Å². The van der Waals surface area contributed by atoms with E-state index in [9.17, 15) is 4.79 Å². The average molecular weight is 224 g/mol. The van der Waals surface area contributed by atoms with Crippen molar-refractivity contribution in [3.05, 3.63) is 11.6 Å². The number of ketones is 1. The molecule has 0 saturated heterocycles. The summed E-state index contributed by atoms with van der Waals surface area (Å²) in [6.07, 6.45) is 3.02. The molecule has 0 rings (SSSR count). The fourth-order valence-corrected chi connectivity index (χ4v) is 1.42. The quantitative estimate of drug-likeness (QED) is 0.639. The maximum absolute atomic E-state index is 11.6. The number of Topliss-reactive ketones (excluding diaryl/α,β-unsaturated/α-hetero) is 1. The van der Waals surface area contributed by atoms with E-state index in [4.69, 9.17) is 0 Å². The first-order valence-electron chi connectivity index (χ1n) is 6.15. The van der Waals surface area contributed by atoms with E-state index in [2.05, 4.69) is 54.5 Å². The molecule has 0 aromatic carbocycles. The Hall–Kier alpha value is -0.590. The van der Waals surface area contributed by atoms with Crippen LogP contribution in [0.15, 0.2) is 11.6 Å². The van der Waals surface area contributed by atoms with Crippen molar-refractivity contribution >= 4 is 5.78 Å². The van der Waals surface area contributed by atoms with Gasteiger partial charge < -0.3 is 0 Å². The van der Waals surface area contributed by atoms with Gasteiger partial charge in [-0.05, 0) is 35.7 Å². The predicted octanol–water partition coefficient (Wildman–Crippen LogP) is 4.62. The fraction of sp³-hybridized carbons (Fsp3) is 0.800. The van der Waals surface area contributed by atoms with Gasteiger partial charge in [0.1, 0.15) is 0 Å². The molecule has 0 aliphatic heterocycles. The molecule has 0 saturated carbocycles. The van der Waals surface area contributed by atoms with E-state index in [0.29, 0.717) is 5.92 Å². The molecule has 0 aliphatic carbocycles. The van der Waals surface area contributed by atoms with Gasteiger partial charge in [-0.3, -0.25) is 4.79 Å². The number of hydrogen-bond donors (Lipinski definition) is 0. The van der Waals surface area contributed by atoms with Crippen LogP contribution in [0, 0.1) is 16.7 Å². The molecule has 0 aromatic heterocycles. The highest BCUT2D eigenvalue weighted by molar-refractivity contribution is 5.93. The van der Waals surface area contributed by atoms with Crippen molar-refractivity contribution in [2.45, 2.75) is 61.8 Å². The Kier molecular flexibility index (Phi) is 4.97. The lowest BCUT2D eigenvalue weighted by atomic mass is 9.78. The van der Waals surface area contributed by atoms with Crippen LogP contribution in [0.3, 0.4) is 0 Å². The molecule has 1 heteroatoms. The monoisotopic (exact) mass is 224 g/mol. The van der Waals surface area contributed by atoms with Crippen LogP contribution < -0.4 is 0 Å². The van der Waals surface area contributed by atoms with Crippen LogP contribution in [0.4, 0.5) is 0 Å². The van der Waals surface area contributed by atoms with E-state index in [1.165, 1.54) is 0 Å². The van der Waals surface area contributed by atoms with Crippen molar-refractivity contribution in [1.29, 1.82) is 0 Å². The number of rotatable bonds is 3. The molecular formula is C15H28O. The minimum Gasteiger partial charge on any atom is -0.295 e. The van der Waals surface area contributed by atoms with Crippen LogP contribution in [0.1, 0.15) is 61.8 Å². The van der Waals surface area contributed by atoms with Gasteiger partial charge in [-0.15, -0.1) is 0 Å². The van der Waals surface area contributed by atoms with Crippen LogP contribution in [-0.2, 0) is 4.79 Å². The van der Waals surface area contributed by atoms with Crippen LogP contribution in [0.5, 0.6) is 0 Å². The number of carbonyl (C=O) groups is 1. The minimum absolute atomic E-state index is 0.176. The van der Waals surface area contributed by atoms with Gasteiger partial charge in [-0.1, -0.05) is 54.5 Å². The van der Waals surface area contributed by atoms with E-state index in [0.717, 1.165) is 12.0 Å². The number of hydrogen-bond acceptors (Lipinski definition) is 1. The van der Waals surface area contributed by atoms with Gasteiger partial charge in [0.2, 0.25) is 0 Å². The molecule has 0 fully saturated rings. The summed E-state index contributed by atoms with van der Waals surface area (Å²) in [5.41, 5.74) is 1.38. The Balaban J connectivity index is 4.94. The maximum atomic E-state index is 11.6. The Bertz CT molecular complexity index is 271. The van der Waals surface area contributed by atoms with E-state index >= 15 is 0 Å². The van der Waals surface area contributed by atoms with Crippen LogP contribution in [-0.4, -0.2) is 5.78 Å². The van der Waals surface area contributed by atoms with Crippen LogP contribution in [0.2, 0.25) is 0 Å². The average Bonchev–Trinajstić information content (AvgIpc) is 1.98. The van der Waals surface area contributed by atoms with Crippen molar-refractivity contribution in [3.8, 4) is 0 Å². The smallest absolute Gasteiger partial charge is 0.155 e. The molecule has 0 amide bonds. The molecule has 0 radical (unpaired) electrons. The summed E-state index contributed by atoms with van der Waals surface area (Å²) in [5.74, 6) is 0.639. The lowest BCUT2D eigenvalue weighted by Gasteiger charge is -2.26. The van der Waals surface area contributed by atoms with Gasteiger partial charge in [0.05, 0.1) is 0 Å². The molecule has 0 heterocycles. The van der Waals surface area contributed by atoms with Crippen molar-refractivity contribution in [3.63, 3.8) is 0 Å². The lowest BCUT2D eigenvalue weighted by Crippen LogP contribution is -2.18. The first kappa shape index (κ1) is 15.4. The first-order valence-corrected chi connectivity index (χ1v) is 6.15. The molecule has 0 aromatic rings. The summed E-state index contributed by atoms with van der Waals surface area (Å²) in [6, 6.07) is 0. The van der Waals surface area contributed by atoms with Crippen molar-refractivity contribution in [2.24, 2.45) is 16.7 Å².